The summed E-state index contributed by atoms with van der Waals surface area (Å²) in [5, 5.41) is 23.2. The highest BCUT2D eigenvalue weighted by atomic mass is 28.3. The Labute approximate surface area is 499 Å². The van der Waals surface area contributed by atoms with E-state index in [0.29, 0.717) is 47.7 Å². The lowest BCUT2D eigenvalue weighted by atomic mass is 9.63. The molecule has 10 atom stereocenters. The topological polar surface area (TPSA) is 183 Å². The first-order chi connectivity index (χ1) is 39.6. The third kappa shape index (κ3) is 13.8. The van der Waals surface area contributed by atoms with Gasteiger partial charge in [0, 0.05) is 53.7 Å². The molecular weight excluding hydrogens is 1100 g/mol. The molecule has 4 aromatic rings. The highest BCUT2D eigenvalue weighted by Crippen LogP contribution is 2.65. The van der Waals surface area contributed by atoms with Gasteiger partial charge in [-0.05, 0) is 157 Å². The molecule has 0 amide bonds. The van der Waals surface area contributed by atoms with Crippen molar-refractivity contribution in [2.75, 3.05) is 41.7 Å². The second kappa shape index (κ2) is 26.7. The Hall–Kier alpha value is -6.73. The van der Waals surface area contributed by atoms with Crippen LogP contribution in [0.3, 0.4) is 0 Å². The van der Waals surface area contributed by atoms with E-state index in [1.165, 1.54) is 13.8 Å². The fraction of sp³-hybridized carbons (Fsp3) is 0.471. The summed E-state index contributed by atoms with van der Waals surface area (Å²) in [6.45, 7) is 24.4. The minimum absolute atomic E-state index is 0.263. The Balaban J connectivity index is 0.000000243. The standard InChI is InChI=1S/C36H46O8Si.C32H42O6Si/c1-22-18-27(20-29(19-22)41-6)32-21-30-33(43-24(3)37)23(2)31(15-12-26-10-13-28(40-5)14-11-26)36(32,34(30)44-25(4)38)35(39)42-16-17-45(7,8)9;1-20-16-23(18-25(17-20)37-4)28-19-26-29(33)21(2)27(13-10-22-8-11-24(36-3)12-9-22)32(28,30(26)34)31(35)38-14-15-39(5,6)7/h10-15,18-20,30,32-34H,16-17,21H2,1-9H3;8-13,16-18,26,28-30,33-34H,14-15,19H2,1-7H3/b15-12+;13-10+. The largest absolute Gasteiger partial charge is 0.497 e. The molecule has 4 bridgehead atoms. The minimum Gasteiger partial charge on any atom is -0.497 e. The number of aryl methyl sites for hydroxylation is 2. The van der Waals surface area contributed by atoms with Gasteiger partial charge < -0.3 is 48.1 Å². The Morgan fingerprint density at radius 2 is 0.929 bits per heavy atom. The van der Waals surface area contributed by atoms with E-state index in [0.717, 1.165) is 62.5 Å². The molecule has 4 aromatic carbocycles. The number of carbonyl (C=O) groups excluding carboxylic acids is 4. The van der Waals surface area contributed by atoms with Crippen molar-refractivity contribution in [1.29, 1.82) is 0 Å². The van der Waals surface area contributed by atoms with Gasteiger partial charge in [0.2, 0.25) is 0 Å². The third-order valence-electron chi connectivity index (χ3n) is 17.2. The number of methoxy groups -OCH3 is 4. The maximum Gasteiger partial charge on any atom is 0.321 e. The molecule has 0 aromatic heterocycles. The van der Waals surface area contributed by atoms with Crippen molar-refractivity contribution in [3.8, 4) is 23.0 Å². The molecule has 4 aliphatic rings. The van der Waals surface area contributed by atoms with Gasteiger partial charge in [-0.25, -0.2) is 0 Å². The van der Waals surface area contributed by atoms with Gasteiger partial charge in [0.15, 0.2) is 0 Å². The van der Waals surface area contributed by atoms with Crippen LogP contribution in [0.25, 0.3) is 12.2 Å². The normalized spacial score (nSPS) is 25.5. The number of esters is 4. The average Bonchev–Trinajstić information content (AvgIpc) is 1.54. The van der Waals surface area contributed by atoms with Crippen molar-refractivity contribution >= 4 is 52.2 Å². The van der Waals surface area contributed by atoms with E-state index < -0.39 is 98.9 Å². The Kier molecular flexibility index (Phi) is 20.6. The number of aliphatic hydroxyl groups is 2. The van der Waals surface area contributed by atoms with E-state index in [-0.39, 0.29) is 6.61 Å². The fourth-order valence-corrected chi connectivity index (χ4v) is 14.5. The van der Waals surface area contributed by atoms with E-state index >= 15 is 0 Å². The van der Waals surface area contributed by atoms with Gasteiger partial charge in [-0.2, -0.15) is 0 Å². The highest BCUT2D eigenvalue weighted by Gasteiger charge is 2.70. The van der Waals surface area contributed by atoms with Crippen LogP contribution < -0.4 is 18.9 Å². The van der Waals surface area contributed by atoms with Crippen molar-refractivity contribution in [2.45, 2.75) is 142 Å². The third-order valence-corrected chi connectivity index (χ3v) is 20.6. The lowest BCUT2D eigenvalue weighted by Crippen LogP contribution is -2.54. The Morgan fingerprint density at radius 3 is 1.35 bits per heavy atom. The smallest absolute Gasteiger partial charge is 0.321 e. The van der Waals surface area contributed by atoms with E-state index in [9.17, 15) is 29.4 Å². The summed E-state index contributed by atoms with van der Waals surface area (Å²) in [6.07, 6.45) is 4.88. The van der Waals surface area contributed by atoms with E-state index in [1.807, 2.05) is 137 Å². The van der Waals surface area contributed by atoms with Crippen molar-refractivity contribution in [2.24, 2.45) is 22.7 Å². The number of hydrogen-bond donors (Lipinski definition) is 2. The molecule has 0 aliphatic heterocycles. The molecule has 10 unspecified atom stereocenters. The van der Waals surface area contributed by atoms with Gasteiger partial charge >= 0.3 is 23.9 Å². The van der Waals surface area contributed by atoms with E-state index in [2.05, 4.69) is 39.3 Å². The van der Waals surface area contributed by atoms with Crippen LogP contribution in [-0.2, 0) is 38.1 Å². The van der Waals surface area contributed by atoms with Gasteiger partial charge in [-0.3, -0.25) is 19.2 Å². The van der Waals surface area contributed by atoms with Crippen molar-refractivity contribution in [3.63, 3.8) is 0 Å². The van der Waals surface area contributed by atoms with Crippen molar-refractivity contribution < 1.29 is 67.3 Å². The van der Waals surface area contributed by atoms with Crippen LogP contribution in [0.1, 0.15) is 85.8 Å². The Bertz CT molecular complexity index is 3160. The summed E-state index contributed by atoms with van der Waals surface area (Å²) in [5.74, 6) is -0.848. The lowest BCUT2D eigenvalue weighted by molar-refractivity contribution is -0.174. The number of rotatable bonds is 20. The van der Waals surface area contributed by atoms with Crippen LogP contribution in [0.15, 0.2) is 119 Å². The zero-order valence-electron chi connectivity index (χ0n) is 52.0. The van der Waals surface area contributed by atoms with E-state index in [1.54, 1.807) is 28.4 Å². The molecule has 16 heteroatoms. The highest BCUT2D eigenvalue weighted by molar-refractivity contribution is 6.76. The molecule has 84 heavy (non-hydrogen) atoms. The van der Waals surface area contributed by atoms with Gasteiger partial charge in [0.25, 0.3) is 0 Å². The summed E-state index contributed by atoms with van der Waals surface area (Å²) < 4.78 is 46.1. The average molecular weight is 1190 g/mol. The predicted molar refractivity (Wildman–Crippen MR) is 333 cm³/mol. The maximum atomic E-state index is 14.8. The van der Waals surface area contributed by atoms with Gasteiger partial charge in [-0.1, -0.05) is 100.0 Å². The van der Waals surface area contributed by atoms with Crippen LogP contribution in [0.2, 0.25) is 51.4 Å². The first-order valence-electron chi connectivity index (χ1n) is 29.1. The lowest BCUT2D eigenvalue weighted by Gasteiger charge is -2.45. The quantitative estimate of drug-likeness (QED) is 0.0484. The van der Waals surface area contributed by atoms with Crippen molar-refractivity contribution in [3.05, 3.63) is 153 Å². The number of carbonyl (C=O) groups is 4. The SMILES string of the molecule is COc1ccc(/C=C/C2=C(C)C(O)C3CC(c4cc(C)cc(OC)c4)C2(C(=O)OCC[Si](C)(C)C)C3O)cc1.COc1ccc(/C=C/C2=C(C)C(OC(C)=O)C3CC(c4cc(C)cc(OC)c4)C2(C(=O)OCC[Si](C)(C)C)C3OC(C)=O)cc1. The molecule has 0 radical (unpaired) electrons. The van der Waals surface area contributed by atoms with Crippen molar-refractivity contribution in [1.82, 2.24) is 0 Å². The summed E-state index contributed by atoms with van der Waals surface area (Å²) >= 11 is 0. The zero-order valence-corrected chi connectivity index (χ0v) is 54.0. The number of aliphatic hydroxyl groups excluding tert-OH is 2. The maximum absolute atomic E-state index is 14.8. The second-order valence-electron chi connectivity index (χ2n) is 25.5. The number of hydrogen-bond acceptors (Lipinski definition) is 14. The molecule has 2 N–H and O–H groups in total. The molecular formula is C68H88O14Si2. The van der Waals surface area contributed by atoms with Crippen LogP contribution >= 0.6 is 0 Å². The monoisotopic (exact) mass is 1180 g/mol. The van der Waals surface area contributed by atoms with Crippen LogP contribution in [0.4, 0.5) is 0 Å². The molecule has 0 saturated heterocycles. The number of fused-ring (bicyclic) bond motifs is 4. The second-order valence-corrected chi connectivity index (χ2v) is 36.7. The summed E-state index contributed by atoms with van der Waals surface area (Å²) in [7, 11) is 3.47. The summed E-state index contributed by atoms with van der Waals surface area (Å²) in [6, 6.07) is 28.6. The molecule has 0 spiro atoms. The number of allylic oxidation sites excluding steroid dienone is 2. The van der Waals surface area contributed by atoms with E-state index in [4.69, 9.17) is 37.9 Å². The molecule has 452 valence electrons. The fourth-order valence-electron chi connectivity index (χ4n) is 13.0. The molecule has 2 saturated carbocycles. The first kappa shape index (κ1) is 64.8. The van der Waals surface area contributed by atoms with Gasteiger partial charge in [-0.15, -0.1) is 0 Å². The zero-order chi connectivity index (χ0) is 61.6. The molecule has 14 nitrogen and oxygen atoms in total. The number of benzene rings is 4. The van der Waals surface area contributed by atoms with Gasteiger partial charge in [0.1, 0.15) is 46.0 Å². The van der Waals surface area contributed by atoms with Crippen LogP contribution in [0.5, 0.6) is 23.0 Å². The molecule has 8 rings (SSSR count). The van der Waals surface area contributed by atoms with Gasteiger partial charge in [0.05, 0.1) is 53.9 Å². The summed E-state index contributed by atoms with van der Waals surface area (Å²) in [5.41, 5.74) is 5.41. The molecule has 2 fully saturated rings. The Morgan fingerprint density at radius 1 is 0.524 bits per heavy atom. The molecule has 0 heterocycles. The van der Waals surface area contributed by atoms with Crippen LogP contribution in [-0.4, -0.2) is 116 Å². The first-order valence-corrected chi connectivity index (χ1v) is 36.5. The number of ether oxygens (including phenoxy) is 8. The van der Waals surface area contributed by atoms with Crippen LogP contribution in [0, 0.1) is 36.5 Å². The molecule has 4 aliphatic carbocycles. The minimum atomic E-state index is -1.54. The summed E-state index contributed by atoms with van der Waals surface area (Å²) in [4.78, 5) is 54.3. The predicted octanol–water partition coefficient (Wildman–Crippen LogP) is 12.6.